The molecule has 1 unspecified atom stereocenters. The number of aliphatic imine (C=N–C) groups is 1. The molecule has 0 fully saturated rings. The van der Waals surface area contributed by atoms with Crippen LogP contribution in [0.2, 0.25) is 0 Å². The quantitative estimate of drug-likeness (QED) is 0.461. The van der Waals surface area contributed by atoms with E-state index in [9.17, 15) is 0 Å². The van der Waals surface area contributed by atoms with Crippen molar-refractivity contribution in [3.63, 3.8) is 0 Å². The maximum absolute atomic E-state index is 5.58. The lowest BCUT2D eigenvalue weighted by Gasteiger charge is -2.21. The highest BCUT2D eigenvalue weighted by atomic mass is 16.5. The molecular formula is C22H38N4O. The van der Waals surface area contributed by atoms with E-state index >= 15 is 0 Å². The van der Waals surface area contributed by atoms with Gasteiger partial charge in [-0.05, 0) is 69.9 Å². The smallest absolute Gasteiger partial charge is 0.191 e. The van der Waals surface area contributed by atoms with Crippen molar-refractivity contribution in [2.75, 3.05) is 39.3 Å². The van der Waals surface area contributed by atoms with E-state index in [1.165, 1.54) is 24.1 Å². The Morgan fingerprint density at radius 3 is 2.81 bits per heavy atom. The molecule has 0 bridgehead atoms. The molecule has 0 saturated heterocycles. The Labute approximate surface area is 165 Å². The molecule has 0 radical (unpaired) electrons. The largest absolute Gasteiger partial charge is 0.493 e. The van der Waals surface area contributed by atoms with Crippen molar-refractivity contribution in [3.8, 4) is 5.75 Å². The van der Waals surface area contributed by atoms with Crippen LogP contribution in [-0.2, 0) is 12.8 Å². The van der Waals surface area contributed by atoms with Gasteiger partial charge in [-0.3, -0.25) is 4.99 Å². The van der Waals surface area contributed by atoms with Crippen molar-refractivity contribution >= 4 is 5.96 Å². The summed E-state index contributed by atoms with van der Waals surface area (Å²) in [7, 11) is 0. The lowest BCUT2D eigenvalue weighted by molar-refractivity contribution is 0.292. The molecule has 0 saturated carbocycles. The molecule has 27 heavy (non-hydrogen) atoms. The fraction of sp³-hybridized carbons (Fsp3) is 0.682. The highest BCUT2D eigenvalue weighted by Crippen LogP contribution is 2.25. The van der Waals surface area contributed by atoms with E-state index in [0.717, 1.165) is 63.8 Å². The molecule has 1 aromatic rings. The lowest BCUT2D eigenvalue weighted by atomic mass is 10.1. The summed E-state index contributed by atoms with van der Waals surface area (Å²) in [6.45, 7) is 14.8. The van der Waals surface area contributed by atoms with E-state index in [0.29, 0.717) is 6.04 Å². The molecule has 5 nitrogen and oxygen atoms in total. The number of nitrogens with one attached hydrogen (secondary N) is 2. The third kappa shape index (κ3) is 7.41. The van der Waals surface area contributed by atoms with Crippen molar-refractivity contribution in [1.82, 2.24) is 15.5 Å². The van der Waals surface area contributed by atoms with Gasteiger partial charge in [0.05, 0.1) is 6.61 Å². The summed E-state index contributed by atoms with van der Waals surface area (Å²) < 4.78 is 5.58. The van der Waals surface area contributed by atoms with Gasteiger partial charge in [0.15, 0.2) is 5.96 Å². The summed E-state index contributed by atoms with van der Waals surface area (Å²) in [6, 6.07) is 6.96. The van der Waals surface area contributed by atoms with Crippen LogP contribution in [0.4, 0.5) is 0 Å². The number of guanidine groups is 1. The fourth-order valence-electron chi connectivity index (χ4n) is 3.48. The van der Waals surface area contributed by atoms with Gasteiger partial charge in [0, 0.05) is 25.6 Å². The summed E-state index contributed by atoms with van der Waals surface area (Å²) in [6.07, 6.45) is 4.36. The van der Waals surface area contributed by atoms with Gasteiger partial charge in [-0.15, -0.1) is 0 Å². The molecule has 0 amide bonds. The topological polar surface area (TPSA) is 48.9 Å². The average Bonchev–Trinajstić information content (AvgIpc) is 3.13. The molecular weight excluding hydrogens is 336 g/mol. The Balaban J connectivity index is 1.77. The minimum absolute atomic E-state index is 0.426. The fourth-order valence-corrected chi connectivity index (χ4v) is 3.48. The Morgan fingerprint density at radius 2 is 2.07 bits per heavy atom. The summed E-state index contributed by atoms with van der Waals surface area (Å²) >= 11 is 0. The minimum atomic E-state index is 0.426. The number of benzene rings is 1. The second-order valence-corrected chi connectivity index (χ2v) is 7.27. The summed E-state index contributed by atoms with van der Waals surface area (Å²) in [5.41, 5.74) is 2.68. The summed E-state index contributed by atoms with van der Waals surface area (Å²) in [4.78, 5) is 7.25. The highest BCUT2D eigenvalue weighted by Gasteiger charge is 2.12. The Morgan fingerprint density at radius 1 is 1.26 bits per heavy atom. The molecule has 152 valence electrons. The molecule has 5 heteroatoms. The molecule has 1 heterocycles. The van der Waals surface area contributed by atoms with Crippen LogP contribution in [0.3, 0.4) is 0 Å². The molecule has 0 spiro atoms. The first-order chi connectivity index (χ1) is 13.2. The maximum Gasteiger partial charge on any atom is 0.191 e. The number of hydrogen-bond acceptors (Lipinski definition) is 3. The first-order valence-corrected chi connectivity index (χ1v) is 10.7. The Bertz CT molecular complexity index is 584. The summed E-state index contributed by atoms with van der Waals surface area (Å²) in [5.74, 6) is 1.98. The second-order valence-electron chi connectivity index (χ2n) is 7.27. The van der Waals surface area contributed by atoms with Gasteiger partial charge >= 0.3 is 0 Å². The van der Waals surface area contributed by atoms with Crippen LogP contribution in [0.5, 0.6) is 5.75 Å². The second kappa shape index (κ2) is 11.9. The molecule has 1 aromatic carbocycles. The van der Waals surface area contributed by atoms with Crippen molar-refractivity contribution < 1.29 is 4.74 Å². The zero-order chi connectivity index (χ0) is 19.5. The van der Waals surface area contributed by atoms with Crippen LogP contribution in [0.15, 0.2) is 23.2 Å². The predicted octanol–water partition coefficient (Wildman–Crippen LogP) is 3.23. The molecule has 2 N–H and O–H groups in total. The van der Waals surface area contributed by atoms with Crippen molar-refractivity contribution in [3.05, 3.63) is 29.3 Å². The first-order valence-electron chi connectivity index (χ1n) is 10.7. The van der Waals surface area contributed by atoms with E-state index in [1.54, 1.807) is 0 Å². The van der Waals surface area contributed by atoms with Crippen LogP contribution >= 0.6 is 0 Å². The Kier molecular flexibility index (Phi) is 9.46. The van der Waals surface area contributed by atoms with Gasteiger partial charge in [-0.1, -0.05) is 26.0 Å². The van der Waals surface area contributed by atoms with Crippen LogP contribution in [-0.4, -0.2) is 56.2 Å². The molecule has 0 aliphatic carbocycles. The van der Waals surface area contributed by atoms with Gasteiger partial charge < -0.3 is 20.3 Å². The Hall–Kier alpha value is -1.75. The number of nitrogens with zero attached hydrogens (tertiary/aromatic N) is 2. The molecule has 1 aliphatic rings. The normalized spacial score (nSPS) is 14.8. The van der Waals surface area contributed by atoms with Crippen LogP contribution in [0, 0.1) is 0 Å². The monoisotopic (exact) mass is 374 g/mol. The molecule has 0 aromatic heterocycles. The maximum atomic E-state index is 5.58. The third-order valence-corrected chi connectivity index (χ3v) is 5.16. The standard InChI is InChI=1S/C22H38N4O/c1-5-23-22(25-18(4)9-8-15-26(6-2)7-3)24-14-12-19-10-11-21-20(17-19)13-16-27-21/h10-11,17-18H,5-9,12-16H2,1-4H3,(H2,23,24,25). The van der Waals surface area contributed by atoms with E-state index < -0.39 is 0 Å². The van der Waals surface area contributed by atoms with Crippen molar-refractivity contribution in [2.45, 2.75) is 59.4 Å². The molecule has 2 rings (SSSR count). The van der Waals surface area contributed by atoms with Gasteiger partial charge in [0.2, 0.25) is 0 Å². The van der Waals surface area contributed by atoms with E-state index in [-0.39, 0.29) is 0 Å². The van der Waals surface area contributed by atoms with Crippen LogP contribution < -0.4 is 15.4 Å². The zero-order valence-corrected chi connectivity index (χ0v) is 17.7. The number of ether oxygens (including phenoxy) is 1. The van der Waals surface area contributed by atoms with Gasteiger partial charge in [-0.25, -0.2) is 0 Å². The SMILES string of the molecule is CCNC(=NCCc1ccc2c(c1)CCO2)NC(C)CCCN(CC)CC. The van der Waals surface area contributed by atoms with Gasteiger partial charge in [-0.2, -0.15) is 0 Å². The lowest BCUT2D eigenvalue weighted by Crippen LogP contribution is -2.42. The van der Waals surface area contributed by atoms with Crippen molar-refractivity contribution in [1.29, 1.82) is 0 Å². The van der Waals surface area contributed by atoms with Gasteiger partial charge in [0.25, 0.3) is 0 Å². The van der Waals surface area contributed by atoms with Gasteiger partial charge in [0.1, 0.15) is 5.75 Å². The number of rotatable bonds is 11. The van der Waals surface area contributed by atoms with Crippen LogP contribution in [0.25, 0.3) is 0 Å². The van der Waals surface area contributed by atoms with Crippen molar-refractivity contribution in [2.24, 2.45) is 4.99 Å². The minimum Gasteiger partial charge on any atom is -0.493 e. The predicted molar refractivity (Wildman–Crippen MR) is 115 cm³/mol. The van der Waals surface area contributed by atoms with E-state index in [2.05, 4.69) is 61.4 Å². The highest BCUT2D eigenvalue weighted by molar-refractivity contribution is 5.80. The number of hydrogen-bond donors (Lipinski definition) is 2. The summed E-state index contributed by atoms with van der Waals surface area (Å²) in [5, 5.41) is 6.93. The van der Waals surface area contributed by atoms with Crippen LogP contribution in [0.1, 0.15) is 51.7 Å². The van der Waals surface area contributed by atoms with E-state index in [4.69, 9.17) is 9.73 Å². The number of fused-ring (bicyclic) bond motifs is 1. The average molecular weight is 375 g/mol. The van der Waals surface area contributed by atoms with E-state index in [1.807, 2.05) is 0 Å². The molecule has 1 atom stereocenters. The zero-order valence-electron chi connectivity index (χ0n) is 17.7. The first kappa shape index (κ1) is 21.5. The molecule has 1 aliphatic heterocycles. The third-order valence-electron chi connectivity index (χ3n) is 5.16.